The van der Waals surface area contributed by atoms with Crippen LogP contribution in [0, 0.1) is 34.5 Å². The first kappa shape index (κ1) is 38.0. The van der Waals surface area contributed by atoms with Gasteiger partial charge in [-0.05, 0) is 107 Å². The van der Waals surface area contributed by atoms with Crippen molar-refractivity contribution in [3.05, 3.63) is 0 Å². The summed E-state index contributed by atoms with van der Waals surface area (Å²) in [5, 5.41) is 11.8. The Labute approximate surface area is 304 Å². The fraction of sp³-hybridized carbons (Fsp3) is 0.868. The van der Waals surface area contributed by atoms with E-state index in [1.807, 2.05) is 13.8 Å². The zero-order valence-electron chi connectivity index (χ0n) is 31.7. The summed E-state index contributed by atoms with van der Waals surface area (Å²) in [5.74, 6) is -1.51. The number of carbonyl (C=O) groups is 5. The van der Waals surface area contributed by atoms with Crippen molar-refractivity contribution >= 4 is 39.4 Å². The molecule has 0 aromatic rings. The lowest BCUT2D eigenvalue weighted by Crippen LogP contribution is -2.64. The Hall–Kier alpha value is -2.70. The van der Waals surface area contributed by atoms with E-state index < -0.39 is 67.3 Å². The van der Waals surface area contributed by atoms with Crippen LogP contribution in [0.3, 0.4) is 0 Å². The number of amides is 5. The van der Waals surface area contributed by atoms with Gasteiger partial charge in [0, 0.05) is 12.6 Å². The summed E-state index contributed by atoms with van der Waals surface area (Å²) in [6.07, 6.45) is 9.11. The van der Waals surface area contributed by atoms with Gasteiger partial charge in [-0.2, -0.15) is 0 Å². The van der Waals surface area contributed by atoms with E-state index in [4.69, 9.17) is 0 Å². The van der Waals surface area contributed by atoms with E-state index in [0.29, 0.717) is 44.1 Å². The highest BCUT2D eigenvalue weighted by atomic mass is 32.2. The lowest BCUT2D eigenvalue weighted by Gasteiger charge is -2.44. The van der Waals surface area contributed by atoms with Gasteiger partial charge in [0.05, 0.1) is 22.1 Å². The largest absolute Gasteiger partial charge is 0.347 e. The summed E-state index contributed by atoms with van der Waals surface area (Å²) in [5.41, 5.74) is -1.66. The smallest absolute Gasteiger partial charge is 0.315 e. The number of piperidine rings is 1. The molecule has 1 saturated heterocycles. The number of nitrogens with one attached hydrogen (secondary N) is 4. The molecule has 4 N–H and O–H groups in total. The van der Waals surface area contributed by atoms with Crippen molar-refractivity contribution in [2.75, 3.05) is 12.3 Å². The molecule has 6 rings (SSSR count). The van der Waals surface area contributed by atoms with Crippen LogP contribution in [0.1, 0.15) is 126 Å². The Balaban J connectivity index is 1.23. The van der Waals surface area contributed by atoms with Gasteiger partial charge in [0.1, 0.15) is 12.1 Å². The highest BCUT2D eigenvalue weighted by Crippen LogP contribution is 2.65. The molecule has 5 amide bonds. The first-order chi connectivity index (χ1) is 23.7. The maximum atomic E-state index is 14.9. The van der Waals surface area contributed by atoms with E-state index in [1.165, 1.54) is 0 Å². The number of fused-ring (bicyclic) bond motifs is 2. The van der Waals surface area contributed by atoms with Crippen molar-refractivity contribution in [3.8, 4) is 0 Å². The van der Waals surface area contributed by atoms with Crippen molar-refractivity contribution in [2.45, 2.75) is 160 Å². The summed E-state index contributed by atoms with van der Waals surface area (Å²) < 4.78 is 25.9. The number of ketones is 1. The predicted octanol–water partition coefficient (Wildman–Crippen LogP) is 3.62. The number of rotatable bonds is 13. The van der Waals surface area contributed by atoms with Gasteiger partial charge in [0.25, 0.3) is 5.91 Å². The molecule has 6 aliphatic rings. The number of Topliss-reactive ketones (excluding diaryl/α,β-unsaturated/α-hetero) is 1. The molecule has 2 unspecified atom stereocenters. The second kappa shape index (κ2) is 13.3. The predicted molar refractivity (Wildman–Crippen MR) is 193 cm³/mol. The van der Waals surface area contributed by atoms with Gasteiger partial charge in [0.15, 0.2) is 9.84 Å². The van der Waals surface area contributed by atoms with Crippen LogP contribution in [0.15, 0.2) is 0 Å². The molecule has 0 spiro atoms. The Morgan fingerprint density at radius 2 is 1.55 bits per heavy atom. The first-order valence-corrected chi connectivity index (χ1v) is 21.1. The summed E-state index contributed by atoms with van der Waals surface area (Å²) in [4.78, 5) is 70.6. The van der Waals surface area contributed by atoms with Crippen LogP contribution < -0.4 is 21.3 Å². The minimum absolute atomic E-state index is 0.00955. The van der Waals surface area contributed by atoms with Crippen LogP contribution in [0.2, 0.25) is 0 Å². The third-order valence-corrected chi connectivity index (χ3v) is 16.3. The molecule has 8 atom stereocenters. The maximum Gasteiger partial charge on any atom is 0.315 e. The molecule has 0 bridgehead atoms. The van der Waals surface area contributed by atoms with Gasteiger partial charge in [-0.1, -0.05) is 53.4 Å². The molecule has 0 radical (unpaired) electrons. The molecule has 5 aliphatic carbocycles. The van der Waals surface area contributed by atoms with Gasteiger partial charge in [-0.3, -0.25) is 19.2 Å². The van der Waals surface area contributed by atoms with Crippen molar-refractivity contribution in [2.24, 2.45) is 34.5 Å². The minimum Gasteiger partial charge on any atom is -0.347 e. The zero-order valence-corrected chi connectivity index (χ0v) is 32.5. The number of urea groups is 1. The Morgan fingerprint density at radius 1 is 0.922 bits per heavy atom. The minimum atomic E-state index is -3.55. The Bertz CT molecular complexity index is 1530. The average molecular weight is 732 g/mol. The molecule has 13 heteroatoms. The number of hydrogen-bond acceptors (Lipinski definition) is 7. The van der Waals surface area contributed by atoms with Crippen molar-refractivity contribution in [1.82, 2.24) is 26.2 Å². The van der Waals surface area contributed by atoms with Crippen LogP contribution in [0.25, 0.3) is 0 Å². The standard InChI is InChI=1S/C38H61N5O7S/c1-8-12-26(29(44)32(46)39-24-13-14-24)40-31(45)28-27-25(36(27,5)6)20-43(28)33(47)30(37(7)15-10-9-11-16-37)41-34(48)42-38(18-22-17-23(22)19-38)21-51(49,50)35(2,3)4/h22-28,30H,8-21H2,1-7H3,(H,39,46)(H,40,45)(H2,41,42,48)/t22-,23+,25-,26?,27-,28-,30+,38?/m0/s1. The fourth-order valence-corrected chi connectivity index (χ4v) is 11.2. The number of likely N-dealkylation sites (tertiary alicyclic amines) is 1. The highest BCUT2D eigenvalue weighted by molar-refractivity contribution is 7.92. The van der Waals surface area contributed by atoms with Gasteiger partial charge in [-0.15, -0.1) is 0 Å². The van der Waals surface area contributed by atoms with Crippen LogP contribution in [-0.4, -0.2) is 89.6 Å². The maximum absolute atomic E-state index is 14.9. The normalized spacial score (nSPS) is 32.8. The quantitative estimate of drug-likeness (QED) is 0.210. The number of carbonyl (C=O) groups excluding carboxylic acids is 5. The lowest BCUT2D eigenvalue weighted by molar-refractivity contribution is -0.146. The molecule has 12 nitrogen and oxygen atoms in total. The van der Waals surface area contributed by atoms with E-state index in [2.05, 4.69) is 35.1 Å². The van der Waals surface area contributed by atoms with Gasteiger partial charge >= 0.3 is 6.03 Å². The van der Waals surface area contributed by atoms with Gasteiger partial charge in [-0.25, -0.2) is 13.2 Å². The van der Waals surface area contributed by atoms with Crippen molar-refractivity contribution < 1.29 is 32.4 Å². The summed E-state index contributed by atoms with van der Waals surface area (Å²) in [7, 11) is -3.55. The molecule has 1 heterocycles. The van der Waals surface area contributed by atoms with Crippen LogP contribution in [0.5, 0.6) is 0 Å². The van der Waals surface area contributed by atoms with E-state index in [1.54, 1.807) is 25.7 Å². The molecule has 1 aliphatic heterocycles. The number of hydrogen-bond donors (Lipinski definition) is 4. The molecular formula is C38H61N5O7S. The monoisotopic (exact) mass is 731 g/mol. The summed E-state index contributed by atoms with van der Waals surface area (Å²) >= 11 is 0. The molecule has 0 aromatic heterocycles. The average Bonchev–Trinajstić information content (AvgIpc) is 3.98. The van der Waals surface area contributed by atoms with E-state index >= 15 is 0 Å². The lowest BCUT2D eigenvalue weighted by atomic mass is 9.70. The topological polar surface area (TPSA) is 171 Å². The second-order valence-electron chi connectivity index (χ2n) is 18.9. The third-order valence-electron chi connectivity index (χ3n) is 13.5. The van der Waals surface area contributed by atoms with Crippen LogP contribution in [0.4, 0.5) is 4.79 Å². The summed E-state index contributed by atoms with van der Waals surface area (Å²) in [6, 6.07) is -3.31. The number of nitrogens with zero attached hydrogens (tertiary/aromatic N) is 1. The second-order valence-corrected chi connectivity index (χ2v) is 21.7. The molecule has 6 fully saturated rings. The fourth-order valence-electron chi connectivity index (χ4n) is 9.76. The van der Waals surface area contributed by atoms with Crippen LogP contribution in [-0.2, 0) is 29.0 Å². The first-order valence-electron chi connectivity index (χ1n) is 19.5. The highest BCUT2D eigenvalue weighted by Gasteiger charge is 2.70. The Kier molecular flexibility index (Phi) is 9.92. The number of sulfone groups is 1. The molecule has 0 aromatic carbocycles. The van der Waals surface area contributed by atoms with Gasteiger partial charge in [0.2, 0.25) is 17.6 Å². The van der Waals surface area contributed by atoms with Crippen molar-refractivity contribution in [1.29, 1.82) is 0 Å². The Morgan fingerprint density at radius 3 is 2.12 bits per heavy atom. The molecule has 286 valence electrons. The summed E-state index contributed by atoms with van der Waals surface area (Å²) in [6.45, 7) is 13.5. The van der Waals surface area contributed by atoms with Crippen molar-refractivity contribution in [3.63, 3.8) is 0 Å². The third kappa shape index (κ3) is 7.56. The van der Waals surface area contributed by atoms with E-state index in [-0.39, 0.29) is 35.0 Å². The molecular weight excluding hydrogens is 671 g/mol. The van der Waals surface area contributed by atoms with E-state index in [9.17, 15) is 32.4 Å². The zero-order chi connectivity index (χ0) is 37.3. The van der Waals surface area contributed by atoms with E-state index in [0.717, 1.165) is 51.4 Å². The SMILES string of the molecule is CCCC(NC(=O)[C@@H]1[C@@H]2[C@H](CN1C(=O)[C@@H](NC(=O)NC1(CS(=O)(=O)C(C)(C)C)C[C@H]3C[C@H]3C1)C1(C)CCCCC1)C2(C)C)C(=O)C(=O)NC1CC1. The molecule has 5 saturated carbocycles. The molecule has 51 heavy (non-hydrogen) atoms. The van der Waals surface area contributed by atoms with Crippen LogP contribution >= 0.6 is 0 Å². The van der Waals surface area contributed by atoms with Gasteiger partial charge < -0.3 is 26.2 Å².